The first-order valence-electron chi connectivity index (χ1n) is 7.99. The fourth-order valence-corrected chi connectivity index (χ4v) is 2.11. The van der Waals surface area contributed by atoms with E-state index >= 15 is 0 Å². The van der Waals surface area contributed by atoms with Gasteiger partial charge in [0, 0.05) is 17.7 Å². The molecule has 0 saturated heterocycles. The zero-order valence-corrected chi connectivity index (χ0v) is 14.3. The first-order valence-corrected chi connectivity index (χ1v) is 7.99. The molecule has 0 aromatic heterocycles. The van der Waals surface area contributed by atoms with E-state index in [0.29, 0.717) is 17.7 Å². The van der Waals surface area contributed by atoms with Crippen molar-refractivity contribution in [2.45, 2.75) is 19.8 Å². The fraction of sp³-hybridized carbons (Fsp3) is 0.211. The number of methoxy groups -OCH3 is 1. The molecule has 25 heavy (non-hydrogen) atoms. The van der Waals surface area contributed by atoms with Crippen LogP contribution in [0.1, 0.15) is 35.7 Å². The second kappa shape index (κ2) is 9.22. The van der Waals surface area contributed by atoms with Crippen LogP contribution in [0.3, 0.4) is 0 Å². The topological polar surface area (TPSA) is 79.8 Å². The second-order valence-electron chi connectivity index (χ2n) is 5.35. The lowest BCUT2D eigenvalue weighted by atomic mass is 10.2. The third-order valence-electron chi connectivity index (χ3n) is 3.38. The van der Waals surface area contributed by atoms with Gasteiger partial charge in [0.15, 0.2) is 0 Å². The van der Waals surface area contributed by atoms with Crippen molar-refractivity contribution >= 4 is 23.7 Å². The predicted octanol–water partition coefficient (Wildman–Crippen LogP) is 3.20. The Kier molecular flexibility index (Phi) is 6.71. The highest BCUT2D eigenvalue weighted by Gasteiger charge is 2.05. The van der Waals surface area contributed by atoms with Crippen LogP contribution < -0.4 is 15.5 Å². The van der Waals surface area contributed by atoms with Gasteiger partial charge in [0.1, 0.15) is 5.75 Å². The number of hydrazone groups is 1. The van der Waals surface area contributed by atoms with Gasteiger partial charge in [-0.3, -0.25) is 9.59 Å². The molecule has 0 bridgehead atoms. The summed E-state index contributed by atoms with van der Waals surface area (Å²) in [4.78, 5) is 23.6. The average Bonchev–Trinajstić information content (AvgIpc) is 2.62. The molecule has 2 rings (SSSR count). The van der Waals surface area contributed by atoms with E-state index in [1.807, 2.05) is 31.2 Å². The Hall–Kier alpha value is -3.15. The highest BCUT2D eigenvalue weighted by molar-refractivity contribution is 5.96. The van der Waals surface area contributed by atoms with Crippen LogP contribution in [0, 0.1) is 0 Å². The highest BCUT2D eigenvalue weighted by Crippen LogP contribution is 2.11. The Morgan fingerprint density at radius 1 is 1.16 bits per heavy atom. The van der Waals surface area contributed by atoms with E-state index in [4.69, 9.17) is 4.74 Å². The number of anilines is 1. The minimum atomic E-state index is -0.328. The first-order chi connectivity index (χ1) is 12.1. The Balaban J connectivity index is 1.92. The predicted molar refractivity (Wildman–Crippen MR) is 98.0 cm³/mol. The van der Waals surface area contributed by atoms with E-state index in [9.17, 15) is 9.59 Å². The van der Waals surface area contributed by atoms with Crippen molar-refractivity contribution < 1.29 is 14.3 Å². The number of ether oxygens (including phenoxy) is 1. The quantitative estimate of drug-likeness (QED) is 0.600. The molecule has 0 fully saturated rings. The van der Waals surface area contributed by atoms with Gasteiger partial charge in [-0.25, -0.2) is 5.43 Å². The van der Waals surface area contributed by atoms with Crippen LogP contribution in [0.25, 0.3) is 0 Å². The molecule has 6 heteroatoms. The van der Waals surface area contributed by atoms with E-state index in [-0.39, 0.29) is 11.8 Å². The van der Waals surface area contributed by atoms with Gasteiger partial charge in [0.2, 0.25) is 5.91 Å². The van der Waals surface area contributed by atoms with E-state index in [1.165, 1.54) is 0 Å². The number of hydrogen-bond acceptors (Lipinski definition) is 4. The zero-order chi connectivity index (χ0) is 18.1. The number of amides is 2. The lowest BCUT2D eigenvalue weighted by molar-refractivity contribution is -0.116. The zero-order valence-electron chi connectivity index (χ0n) is 14.3. The number of carbonyl (C=O) groups excluding carboxylic acids is 2. The summed E-state index contributed by atoms with van der Waals surface area (Å²) in [7, 11) is 1.59. The summed E-state index contributed by atoms with van der Waals surface area (Å²) in [6.07, 6.45) is 2.80. The average molecular weight is 339 g/mol. The standard InChI is InChI=1S/C19H21N3O3/c1-3-5-18(23)21-16-10-8-15(9-11-16)19(24)22-20-13-14-6-4-7-17(12-14)25-2/h4,6-13H,3,5H2,1-2H3,(H,21,23)(H,22,24)/b20-13+. The lowest BCUT2D eigenvalue weighted by Crippen LogP contribution is -2.17. The summed E-state index contributed by atoms with van der Waals surface area (Å²) in [5, 5.41) is 6.71. The van der Waals surface area contributed by atoms with Crippen molar-refractivity contribution in [1.82, 2.24) is 5.43 Å². The van der Waals surface area contributed by atoms with E-state index < -0.39 is 0 Å². The Morgan fingerprint density at radius 2 is 1.92 bits per heavy atom. The lowest BCUT2D eigenvalue weighted by Gasteiger charge is -2.05. The Labute approximate surface area is 146 Å². The van der Waals surface area contributed by atoms with Crippen LogP contribution in [0.4, 0.5) is 5.69 Å². The van der Waals surface area contributed by atoms with E-state index in [2.05, 4.69) is 15.8 Å². The van der Waals surface area contributed by atoms with Crippen LogP contribution in [0.2, 0.25) is 0 Å². The van der Waals surface area contributed by atoms with Gasteiger partial charge in [0.05, 0.1) is 13.3 Å². The number of rotatable bonds is 7. The molecule has 2 aromatic carbocycles. The van der Waals surface area contributed by atoms with E-state index in [0.717, 1.165) is 17.7 Å². The number of hydrogen-bond donors (Lipinski definition) is 2. The van der Waals surface area contributed by atoms with Gasteiger partial charge in [-0.1, -0.05) is 19.1 Å². The molecule has 0 heterocycles. The molecule has 0 unspecified atom stereocenters. The minimum absolute atomic E-state index is 0.0393. The van der Waals surface area contributed by atoms with Crippen molar-refractivity contribution in [3.05, 3.63) is 59.7 Å². The molecular weight excluding hydrogens is 318 g/mol. The maximum absolute atomic E-state index is 12.1. The van der Waals surface area contributed by atoms with Gasteiger partial charge in [-0.05, 0) is 48.4 Å². The summed E-state index contributed by atoms with van der Waals surface area (Å²) < 4.78 is 5.13. The van der Waals surface area contributed by atoms with Crippen molar-refractivity contribution in [3.8, 4) is 5.75 Å². The molecule has 2 amide bonds. The molecule has 0 spiro atoms. The first kappa shape index (κ1) is 18.2. The summed E-state index contributed by atoms with van der Waals surface area (Å²) >= 11 is 0. The normalized spacial score (nSPS) is 10.5. The Bertz CT molecular complexity index is 755. The van der Waals surface area contributed by atoms with Crippen molar-refractivity contribution in [2.75, 3.05) is 12.4 Å². The third-order valence-corrected chi connectivity index (χ3v) is 3.38. The van der Waals surface area contributed by atoms with Crippen LogP contribution in [-0.2, 0) is 4.79 Å². The number of benzene rings is 2. The fourth-order valence-electron chi connectivity index (χ4n) is 2.11. The molecule has 0 aliphatic carbocycles. The molecular formula is C19H21N3O3. The summed E-state index contributed by atoms with van der Waals surface area (Å²) in [5.74, 6) is 0.351. The molecule has 0 atom stereocenters. The molecule has 6 nitrogen and oxygen atoms in total. The van der Waals surface area contributed by atoms with Crippen LogP contribution >= 0.6 is 0 Å². The van der Waals surface area contributed by atoms with Crippen molar-refractivity contribution in [3.63, 3.8) is 0 Å². The largest absolute Gasteiger partial charge is 0.497 e. The molecule has 0 aliphatic rings. The molecule has 2 aromatic rings. The van der Waals surface area contributed by atoms with Crippen LogP contribution in [-0.4, -0.2) is 25.1 Å². The summed E-state index contributed by atoms with van der Waals surface area (Å²) in [6, 6.07) is 14.0. The van der Waals surface area contributed by atoms with Gasteiger partial charge >= 0.3 is 0 Å². The van der Waals surface area contributed by atoms with E-state index in [1.54, 1.807) is 37.6 Å². The number of nitrogens with one attached hydrogen (secondary N) is 2. The molecule has 130 valence electrons. The van der Waals surface area contributed by atoms with Crippen molar-refractivity contribution in [2.24, 2.45) is 5.10 Å². The van der Waals surface area contributed by atoms with Crippen LogP contribution in [0.15, 0.2) is 53.6 Å². The molecule has 0 aliphatic heterocycles. The van der Waals surface area contributed by atoms with Gasteiger partial charge in [-0.15, -0.1) is 0 Å². The molecule has 0 radical (unpaired) electrons. The smallest absolute Gasteiger partial charge is 0.271 e. The number of nitrogens with zero attached hydrogens (tertiary/aromatic N) is 1. The Morgan fingerprint density at radius 3 is 2.60 bits per heavy atom. The molecule has 2 N–H and O–H groups in total. The molecule has 0 saturated carbocycles. The highest BCUT2D eigenvalue weighted by atomic mass is 16.5. The summed E-state index contributed by atoms with van der Waals surface area (Å²) in [6.45, 7) is 1.94. The van der Waals surface area contributed by atoms with Crippen molar-refractivity contribution in [1.29, 1.82) is 0 Å². The maximum Gasteiger partial charge on any atom is 0.271 e. The monoisotopic (exact) mass is 339 g/mol. The second-order valence-corrected chi connectivity index (χ2v) is 5.35. The van der Waals surface area contributed by atoms with Gasteiger partial charge in [0.25, 0.3) is 5.91 Å². The van der Waals surface area contributed by atoms with Gasteiger partial charge < -0.3 is 10.1 Å². The van der Waals surface area contributed by atoms with Crippen LogP contribution in [0.5, 0.6) is 5.75 Å². The van der Waals surface area contributed by atoms with Gasteiger partial charge in [-0.2, -0.15) is 5.10 Å². The number of carbonyl (C=O) groups is 2. The maximum atomic E-state index is 12.1. The third kappa shape index (κ3) is 5.76. The summed E-state index contributed by atoms with van der Waals surface area (Å²) in [5.41, 5.74) is 4.40. The minimum Gasteiger partial charge on any atom is -0.497 e. The SMILES string of the molecule is CCCC(=O)Nc1ccc(C(=O)N/N=C/c2cccc(OC)c2)cc1.